The van der Waals surface area contributed by atoms with Gasteiger partial charge in [0, 0.05) is 61.1 Å². The molecule has 1 saturated heterocycles. The highest BCUT2D eigenvalue weighted by molar-refractivity contribution is 5.73. The minimum atomic E-state index is -5.08. The summed E-state index contributed by atoms with van der Waals surface area (Å²) in [7, 11) is 0. The van der Waals surface area contributed by atoms with Crippen molar-refractivity contribution in [3.8, 4) is 28.3 Å². The smallest absolute Gasteiger partial charge is 0.490 e. The zero-order valence-corrected chi connectivity index (χ0v) is 20.7. The molecule has 0 spiro atoms. The summed E-state index contributed by atoms with van der Waals surface area (Å²) in [5.74, 6) is -1.24. The highest BCUT2D eigenvalue weighted by atomic mass is 19.4. The van der Waals surface area contributed by atoms with Gasteiger partial charge in [-0.1, -0.05) is 0 Å². The summed E-state index contributed by atoms with van der Waals surface area (Å²) in [6.07, 6.45) is 2.17. The Bertz CT molecular complexity index is 1430. The van der Waals surface area contributed by atoms with Crippen LogP contribution >= 0.6 is 0 Å². The van der Waals surface area contributed by atoms with Crippen LogP contribution in [-0.4, -0.2) is 77.1 Å². The van der Waals surface area contributed by atoms with Crippen LogP contribution in [0.25, 0.3) is 28.3 Å². The lowest BCUT2D eigenvalue weighted by Crippen LogP contribution is -2.54. The number of pyridine rings is 1. The SMILES string of the molecule is Cc1cn2cc(-c3cnc(-c4ccc(N5C[C@@H](C)N[C@@H](C)C5)nn4)c(O)c3)cnc2n1.O=C(O)C(F)(F)F. The van der Waals surface area contributed by atoms with Gasteiger partial charge in [0.2, 0.25) is 5.78 Å². The predicted molar refractivity (Wildman–Crippen MR) is 132 cm³/mol. The second-order valence-electron chi connectivity index (χ2n) is 8.98. The molecule has 0 bridgehead atoms. The fourth-order valence-corrected chi connectivity index (χ4v) is 4.10. The molecule has 3 N–H and O–H groups in total. The van der Waals surface area contributed by atoms with Gasteiger partial charge >= 0.3 is 12.1 Å². The number of aryl methyl sites for hydroxylation is 1. The van der Waals surface area contributed by atoms with Gasteiger partial charge in [0.15, 0.2) is 5.82 Å². The van der Waals surface area contributed by atoms with E-state index in [1.165, 1.54) is 0 Å². The van der Waals surface area contributed by atoms with Gasteiger partial charge in [-0.15, -0.1) is 10.2 Å². The molecule has 0 saturated carbocycles. The number of carbonyl (C=O) groups is 1. The first-order valence-electron chi connectivity index (χ1n) is 11.6. The Hall–Kier alpha value is -4.33. The summed E-state index contributed by atoms with van der Waals surface area (Å²) in [5, 5.41) is 30.0. The Labute approximate surface area is 215 Å². The van der Waals surface area contributed by atoms with Gasteiger partial charge in [0.1, 0.15) is 17.1 Å². The third-order valence-electron chi connectivity index (χ3n) is 5.65. The topological polar surface area (TPSA) is 142 Å². The minimum Gasteiger partial charge on any atom is -0.506 e. The highest BCUT2D eigenvalue weighted by Gasteiger charge is 2.38. The van der Waals surface area contributed by atoms with E-state index in [4.69, 9.17) is 9.90 Å². The zero-order valence-electron chi connectivity index (χ0n) is 20.7. The van der Waals surface area contributed by atoms with Crippen molar-refractivity contribution in [1.29, 1.82) is 0 Å². The largest absolute Gasteiger partial charge is 0.506 e. The number of hydrogen-bond donors (Lipinski definition) is 3. The maximum absolute atomic E-state index is 10.6. The number of imidazole rings is 1. The van der Waals surface area contributed by atoms with E-state index in [2.05, 4.69) is 49.2 Å². The number of aromatic hydroxyl groups is 1. The normalized spacial score (nSPS) is 17.7. The van der Waals surface area contributed by atoms with Gasteiger partial charge in [-0.2, -0.15) is 13.2 Å². The maximum atomic E-state index is 10.6. The van der Waals surface area contributed by atoms with Crippen LogP contribution in [0.1, 0.15) is 19.5 Å². The monoisotopic (exact) mass is 530 g/mol. The van der Waals surface area contributed by atoms with Gasteiger partial charge in [-0.25, -0.2) is 19.7 Å². The number of nitrogens with one attached hydrogen (secondary N) is 1. The van der Waals surface area contributed by atoms with Crippen LogP contribution in [-0.2, 0) is 4.79 Å². The molecule has 38 heavy (non-hydrogen) atoms. The number of carboxylic acid groups (broad SMARTS) is 1. The van der Waals surface area contributed by atoms with E-state index in [0.29, 0.717) is 29.2 Å². The van der Waals surface area contributed by atoms with E-state index >= 15 is 0 Å². The van der Waals surface area contributed by atoms with Crippen molar-refractivity contribution in [2.45, 2.75) is 39.0 Å². The van der Waals surface area contributed by atoms with Crippen molar-refractivity contribution in [1.82, 2.24) is 34.9 Å². The molecule has 0 aliphatic carbocycles. The summed E-state index contributed by atoms with van der Waals surface area (Å²) in [6, 6.07) is 6.24. The van der Waals surface area contributed by atoms with Gasteiger partial charge in [-0.05, 0) is 39.0 Å². The summed E-state index contributed by atoms with van der Waals surface area (Å²) in [6.45, 7) is 8.01. The molecule has 1 fully saturated rings. The number of fused-ring (bicyclic) bond motifs is 1. The number of carboxylic acids is 1. The van der Waals surface area contributed by atoms with E-state index in [0.717, 1.165) is 35.7 Å². The molecule has 0 radical (unpaired) electrons. The van der Waals surface area contributed by atoms with E-state index < -0.39 is 12.1 Å². The van der Waals surface area contributed by atoms with Crippen molar-refractivity contribution in [2.75, 3.05) is 18.0 Å². The molecule has 2 atom stereocenters. The molecule has 14 heteroatoms. The fraction of sp³-hybridized carbons (Fsp3) is 0.333. The maximum Gasteiger partial charge on any atom is 0.490 e. The Morgan fingerprint density at radius 3 is 2.29 bits per heavy atom. The van der Waals surface area contributed by atoms with Crippen LogP contribution in [0, 0.1) is 6.92 Å². The van der Waals surface area contributed by atoms with Crippen molar-refractivity contribution in [3.05, 3.63) is 48.7 Å². The van der Waals surface area contributed by atoms with Crippen LogP contribution in [0.4, 0.5) is 19.0 Å². The predicted octanol–water partition coefficient (Wildman–Crippen LogP) is 3.08. The Morgan fingerprint density at radius 2 is 1.71 bits per heavy atom. The number of aromatic nitrogens is 6. The number of hydrogen-bond acceptors (Lipinski definition) is 9. The van der Waals surface area contributed by atoms with Crippen LogP contribution < -0.4 is 10.2 Å². The van der Waals surface area contributed by atoms with E-state index in [9.17, 15) is 18.3 Å². The Morgan fingerprint density at radius 1 is 1.05 bits per heavy atom. The van der Waals surface area contributed by atoms with Gasteiger partial charge in [-0.3, -0.25) is 4.40 Å². The number of nitrogens with zero attached hydrogens (tertiary/aromatic N) is 7. The van der Waals surface area contributed by atoms with Crippen LogP contribution in [0.2, 0.25) is 0 Å². The standard InChI is InChI=1S/C22H24N8O.C2HF3O2/c1-13-9-29(10-14(2)25-13)20-5-4-18(27-28-20)21-19(31)6-16(7-23-21)17-8-24-22-26-15(3)11-30(22)12-17;3-2(4,5)1(6)7/h4-8,11-14,25,31H,9-10H2,1-3H3;(H,6,7)/t13-,14+;. The Kier molecular flexibility index (Phi) is 7.44. The van der Waals surface area contributed by atoms with Crippen molar-refractivity contribution < 1.29 is 28.2 Å². The molecule has 4 aromatic rings. The van der Waals surface area contributed by atoms with Gasteiger partial charge in [0.05, 0.1) is 5.69 Å². The quantitative estimate of drug-likeness (QED) is 0.362. The summed E-state index contributed by atoms with van der Waals surface area (Å²) in [4.78, 5) is 24.3. The number of aliphatic carboxylic acids is 1. The van der Waals surface area contributed by atoms with E-state index in [1.54, 1.807) is 18.5 Å². The van der Waals surface area contributed by atoms with E-state index in [1.807, 2.05) is 35.9 Å². The minimum absolute atomic E-state index is 0.0471. The molecule has 5 rings (SSSR count). The lowest BCUT2D eigenvalue weighted by molar-refractivity contribution is -0.192. The van der Waals surface area contributed by atoms with Crippen LogP contribution in [0.15, 0.2) is 43.0 Å². The molecule has 200 valence electrons. The lowest BCUT2D eigenvalue weighted by atomic mass is 10.1. The highest BCUT2D eigenvalue weighted by Crippen LogP contribution is 2.30. The first-order valence-corrected chi connectivity index (χ1v) is 11.6. The van der Waals surface area contributed by atoms with Gasteiger partial charge < -0.3 is 20.4 Å². The molecule has 5 heterocycles. The Balaban J connectivity index is 0.000000426. The second kappa shape index (κ2) is 10.6. The first-order chi connectivity index (χ1) is 17.9. The molecule has 1 aliphatic rings. The van der Waals surface area contributed by atoms with Gasteiger partial charge in [0.25, 0.3) is 0 Å². The van der Waals surface area contributed by atoms with Crippen LogP contribution in [0.5, 0.6) is 5.75 Å². The third kappa shape index (κ3) is 6.14. The molecule has 0 unspecified atom stereocenters. The number of rotatable bonds is 3. The van der Waals surface area contributed by atoms with Crippen LogP contribution in [0.3, 0.4) is 0 Å². The number of piperazine rings is 1. The zero-order chi connectivity index (χ0) is 27.6. The van der Waals surface area contributed by atoms with E-state index in [-0.39, 0.29) is 5.75 Å². The molecule has 11 nitrogen and oxygen atoms in total. The van der Waals surface area contributed by atoms with Crippen molar-refractivity contribution in [3.63, 3.8) is 0 Å². The molecular weight excluding hydrogens is 505 g/mol. The second-order valence-corrected chi connectivity index (χ2v) is 8.98. The number of anilines is 1. The number of halogens is 3. The average Bonchev–Trinajstić information content (AvgIpc) is 3.22. The fourth-order valence-electron chi connectivity index (χ4n) is 4.10. The molecule has 0 amide bonds. The summed E-state index contributed by atoms with van der Waals surface area (Å²) >= 11 is 0. The molecule has 4 aromatic heterocycles. The summed E-state index contributed by atoms with van der Waals surface area (Å²) < 4.78 is 33.6. The molecule has 0 aromatic carbocycles. The lowest BCUT2D eigenvalue weighted by Gasteiger charge is -2.36. The van der Waals surface area contributed by atoms with Crippen molar-refractivity contribution >= 4 is 17.6 Å². The number of alkyl halides is 3. The first kappa shape index (κ1) is 26.7. The third-order valence-corrected chi connectivity index (χ3v) is 5.65. The van der Waals surface area contributed by atoms with Crippen molar-refractivity contribution in [2.24, 2.45) is 0 Å². The molecular formula is C24H25F3N8O3. The average molecular weight is 531 g/mol. The molecule has 1 aliphatic heterocycles. The summed E-state index contributed by atoms with van der Waals surface area (Å²) in [5.41, 5.74) is 3.42.